The molecule has 0 atom stereocenters. The zero-order chi connectivity index (χ0) is 13.4. The maximum Gasteiger partial charge on any atom is 0.210 e. The van der Waals surface area contributed by atoms with E-state index in [2.05, 4.69) is 31.7 Å². The van der Waals surface area contributed by atoms with E-state index < -0.39 is 0 Å². The number of hydrogen-bond donors (Lipinski definition) is 3. The Morgan fingerprint density at radius 3 is 3.00 bits per heavy atom. The van der Waals surface area contributed by atoms with Gasteiger partial charge < -0.3 is 10.1 Å². The molecular formula is C11H16BrClN4O. The number of ether oxygens (including phenoxy) is 1. The molecule has 18 heavy (non-hydrogen) atoms. The second kappa shape index (κ2) is 8.31. The molecule has 0 spiro atoms. The standard InChI is InChI=1S/C11H16BrClN4O/c1-18-6-2-5-15-11(17-14)16-10-7-8(12)3-4-9(10)13/h3-4,7H,2,5-6,14H2,1H3,(H2,15,16,17). The summed E-state index contributed by atoms with van der Waals surface area (Å²) in [5.74, 6) is 5.86. The van der Waals surface area contributed by atoms with Crippen LogP contribution >= 0.6 is 27.5 Å². The van der Waals surface area contributed by atoms with E-state index in [-0.39, 0.29) is 0 Å². The van der Waals surface area contributed by atoms with Crippen LogP contribution in [-0.2, 0) is 4.74 Å². The van der Waals surface area contributed by atoms with Crippen LogP contribution in [0, 0.1) is 0 Å². The molecule has 0 amide bonds. The number of benzene rings is 1. The number of nitrogens with one attached hydrogen (secondary N) is 2. The summed E-state index contributed by atoms with van der Waals surface area (Å²) in [6.07, 6.45) is 0.829. The van der Waals surface area contributed by atoms with Crippen molar-refractivity contribution >= 4 is 39.2 Å². The van der Waals surface area contributed by atoms with Crippen molar-refractivity contribution in [3.63, 3.8) is 0 Å². The molecule has 0 bridgehead atoms. The van der Waals surface area contributed by atoms with Gasteiger partial charge in [-0.3, -0.25) is 10.4 Å². The van der Waals surface area contributed by atoms with Gasteiger partial charge in [0.1, 0.15) is 0 Å². The zero-order valence-electron chi connectivity index (χ0n) is 10.0. The summed E-state index contributed by atoms with van der Waals surface area (Å²) in [4.78, 5) is 4.26. The lowest BCUT2D eigenvalue weighted by atomic mass is 10.3. The van der Waals surface area contributed by atoms with Crippen LogP contribution in [0.2, 0.25) is 5.02 Å². The number of aliphatic imine (C=N–C) groups is 1. The fraction of sp³-hybridized carbons (Fsp3) is 0.364. The van der Waals surface area contributed by atoms with Crippen LogP contribution < -0.4 is 16.6 Å². The summed E-state index contributed by atoms with van der Waals surface area (Å²) >= 11 is 9.43. The SMILES string of the molecule is COCCCN=C(NN)Nc1cc(Br)ccc1Cl. The van der Waals surface area contributed by atoms with Gasteiger partial charge in [0.15, 0.2) is 0 Å². The van der Waals surface area contributed by atoms with Gasteiger partial charge in [-0.25, -0.2) is 5.84 Å². The van der Waals surface area contributed by atoms with E-state index in [0.717, 1.165) is 16.6 Å². The van der Waals surface area contributed by atoms with Crippen LogP contribution in [0.15, 0.2) is 27.7 Å². The smallest absolute Gasteiger partial charge is 0.210 e. The molecule has 0 heterocycles. The van der Waals surface area contributed by atoms with Crippen molar-refractivity contribution in [2.24, 2.45) is 10.8 Å². The lowest BCUT2D eigenvalue weighted by Crippen LogP contribution is -2.36. The van der Waals surface area contributed by atoms with Crippen molar-refractivity contribution in [3.05, 3.63) is 27.7 Å². The fourth-order valence-corrected chi connectivity index (χ4v) is 1.77. The molecule has 100 valence electrons. The van der Waals surface area contributed by atoms with Crippen molar-refractivity contribution < 1.29 is 4.74 Å². The lowest BCUT2D eigenvalue weighted by molar-refractivity contribution is 0.197. The second-order valence-corrected chi connectivity index (χ2v) is 4.79. The fourth-order valence-electron chi connectivity index (χ4n) is 1.24. The van der Waals surface area contributed by atoms with Gasteiger partial charge in [0.25, 0.3) is 0 Å². The molecule has 5 nitrogen and oxygen atoms in total. The molecular weight excluding hydrogens is 320 g/mol. The van der Waals surface area contributed by atoms with Crippen molar-refractivity contribution in [2.75, 3.05) is 25.6 Å². The predicted molar refractivity (Wildman–Crippen MR) is 78.9 cm³/mol. The van der Waals surface area contributed by atoms with Crippen LogP contribution in [0.4, 0.5) is 5.69 Å². The van der Waals surface area contributed by atoms with Crippen LogP contribution in [-0.4, -0.2) is 26.2 Å². The zero-order valence-corrected chi connectivity index (χ0v) is 12.4. The number of anilines is 1. The number of hydrazine groups is 1. The third-order valence-corrected chi connectivity index (χ3v) is 2.92. The Kier molecular flexibility index (Phi) is 7.04. The van der Waals surface area contributed by atoms with Crippen LogP contribution in [0.1, 0.15) is 6.42 Å². The van der Waals surface area contributed by atoms with Gasteiger partial charge in [0, 0.05) is 24.7 Å². The van der Waals surface area contributed by atoms with Crippen molar-refractivity contribution in [2.45, 2.75) is 6.42 Å². The van der Waals surface area contributed by atoms with Gasteiger partial charge >= 0.3 is 0 Å². The van der Waals surface area contributed by atoms with Gasteiger partial charge in [0.2, 0.25) is 5.96 Å². The molecule has 0 saturated carbocycles. The molecule has 1 aromatic carbocycles. The van der Waals surface area contributed by atoms with Gasteiger partial charge in [-0.2, -0.15) is 0 Å². The largest absolute Gasteiger partial charge is 0.385 e. The summed E-state index contributed by atoms with van der Waals surface area (Å²) in [6.45, 7) is 1.28. The highest BCUT2D eigenvalue weighted by atomic mass is 79.9. The van der Waals surface area contributed by atoms with Crippen molar-refractivity contribution in [1.29, 1.82) is 0 Å². The first-order chi connectivity index (χ1) is 8.67. The maximum atomic E-state index is 6.05. The van der Waals surface area contributed by atoms with E-state index in [1.165, 1.54) is 0 Å². The molecule has 0 aliphatic rings. The van der Waals surface area contributed by atoms with Crippen molar-refractivity contribution in [3.8, 4) is 0 Å². The molecule has 7 heteroatoms. The molecule has 1 rings (SSSR count). The van der Waals surface area contributed by atoms with Crippen molar-refractivity contribution in [1.82, 2.24) is 5.43 Å². The summed E-state index contributed by atoms with van der Waals surface area (Å²) in [5, 5.41) is 3.62. The van der Waals surface area contributed by atoms with E-state index in [1.54, 1.807) is 13.2 Å². The Hall–Kier alpha value is -0.820. The van der Waals surface area contributed by atoms with E-state index in [0.29, 0.717) is 24.1 Å². The molecule has 1 aromatic rings. The third kappa shape index (κ3) is 5.22. The number of halogens is 2. The highest BCUT2D eigenvalue weighted by Crippen LogP contribution is 2.25. The number of nitrogens with zero attached hydrogens (tertiary/aromatic N) is 1. The Bertz CT molecular complexity index is 414. The quantitative estimate of drug-likeness (QED) is 0.254. The summed E-state index contributed by atoms with van der Waals surface area (Å²) in [6, 6.07) is 5.50. The minimum Gasteiger partial charge on any atom is -0.385 e. The Morgan fingerprint density at radius 2 is 2.33 bits per heavy atom. The topological polar surface area (TPSA) is 71.7 Å². The molecule has 0 aliphatic carbocycles. The Morgan fingerprint density at radius 1 is 1.56 bits per heavy atom. The van der Waals surface area contributed by atoms with E-state index in [1.807, 2.05) is 12.1 Å². The molecule has 4 N–H and O–H groups in total. The first-order valence-electron chi connectivity index (χ1n) is 5.39. The molecule has 0 radical (unpaired) electrons. The summed E-state index contributed by atoms with van der Waals surface area (Å²) in [5.41, 5.74) is 3.23. The monoisotopic (exact) mass is 334 g/mol. The van der Waals surface area contributed by atoms with Gasteiger partial charge in [-0.05, 0) is 24.6 Å². The number of hydrogen-bond acceptors (Lipinski definition) is 3. The van der Waals surface area contributed by atoms with E-state index >= 15 is 0 Å². The maximum absolute atomic E-state index is 6.05. The van der Waals surface area contributed by atoms with Crippen LogP contribution in [0.3, 0.4) is 0 Å². The number of guanidine groups is 1. The second-order valence-electron chi connectivity index (χ2n) is 3.47. The molecule has 0 fully saturated rings. The normalized spacial score (nSPS) is 11.4. The number of nitrogens with two attached hydrogens (primary N) is 1. The van der Waals surface area contributed by atoms with Gasteiger partial charge in [0.05, 0.1) is 10.7 Å². The van der Waals surface area contributed by atoms with Gasteiger partial charge in [-0.1, -0.05) is 27.5 Å². The average Bonchev–Trinajstić information content (AvgIpc) is 2.37. The molecule has 0 unspecified atom stereocenters. The minimum absolute atomic E-state index is 0.464. The minimum atomic E-state index is 0.464. The lowest BCUT2D eigenvalue weighted by Gasteiger charge is -2.11. The van der Waals surface area contributed by atoms with Gasteiger partial charge in [-0.15, -0.1) is 0 Å². The Labute approximate surface area is 120 Å². The Balaban J connectivity index is 2.64. The number of rotatable bonds is 5. The highest BCUT2D eigenvalue weighted by Gasteiger charge is 2.03. The molecule has 0 aromatic heterocycles. The average molecular weight is 336 g/mol. The van der Waals surface area contributed by atoms with E-state index in [9.17, 15) is 0 Å². The van der Waals surface area contributed by atoms with E-state index in [4.69, 9.17) is 22.2 Å². The first kappa shape index (κ1) is 15.2. The molecule has 0 aliphatic heterocycles. The molecule has 0 saturated heterocycles. The predicted octanol–water partition coefficient (Wildman–Crippen LogP) is 2.37. The number of methoxy groups -OCH3 is 1. The highest BCUT2D eigenvalue weighted by molar-refractivity contribution is 9.10. The first-order valence-corrected chi connectivity index (χ1v) is 6.56. The third-order valence-electron chi connectivity index (χ3n) is 2.09. The van der Waals surface area contributed by atoms with Crippen LogP contribution in [0.25, 0.3) is 0 Å². The summed E-state index contributed by atoms with van der Waals surface area (Å²) < 4.78 is 5.86. The summed E-state index contributed by atoms with van der Waals surface area (Å²) in [7, 11) is 1.66. The van der Waals surface area contributed by atoms with Crippen LogP contribution in [0.5, 0.6) is 0 Å².